The highest BCUT2D eigenvalue weighted by Crippen LogP contribution is 2.29. The zero-order valence-corrected chi connectivity index (χ0v) is 16.0. The molecule has 11 heteroatoms. The summed E-state index contributed by atoms with van der Waals surface area (Å²) in [6.07, 6.45) is 0. The Balaban J connectivity index is 2.32. The number of para-hydroxylation sites is 1. The molecule has 9 nitrogen and oxygen atoms in total. The van der Waals surface area contributed by atoms with Crippen LogP contribution in [0.1, 0.15) is 0 Å². The smallest absolute Gasteiger partial charge is 0.293 e. The second kappa shape index (κ2) is 8.23. The van der Waals surface area contributed by atoms with Crippen molar-refractivity contribution in [2.45, 2.75) is 4.90 Å². The number of rotatable bonds is 7. The summed E-state index contributed by atoms with van der Waals surface area (Å²) in [4.78, 5) is 23.3. The first kappa shape index (κ1) is 20.5. The first-order valence-electron chi connectivity index (χ1n) is 7.61. The van der Waals surface area contributed by atoms with Gasteiger partial charge in [0.05, 0.1) is 27.1 Å². The molecule has 0 fully saturated rings. The summed E-state index contributed by atoms with van der Waals surface area (Å²) in [7, 11) is -0.995. The molecule has 2 aromatic rings. The number of nitrogens with zero attached hydrogens (tertiary/aromatic N) is 2. The number of carbonyl (C=O) groups excluding carboxylic acids is 1. The van der Waals surface area contributed by atoms with Crippen molar-refractivity contribution in [1.82, 2.24) is 4.90 Å². The predicted octanol–water partition coefficient (Wildman–Crippen LogP) is 2.55. The molecule has 0 radical (unpaired) electrons. The number of hydrogen-bond acceptors (Lipinski definition) is 6. The molecule has 0 saturated heterocycles. The standard InChI is InChI=1S/C16H17ClN4O5S/c1-20(2)16(22)10-18-14-8-7-11(9-15(14)21(23)24)27(25,26)19-13-6-4-3-5-12(13)17/h3-9,18-19H,10H2,1-2H3. The lowest BCUT2D eigenvalue weighted by atomic mass is 10.2. The first-order valence-corrected chi connectivity index (χ1v) is 9.48. The van der Waals surface area contributed by atoms with Crippen LogP contribution in [0.2, 0.25) is 5.02 Å². The molecule has 2 aromatic carbocycles. The Bertz CT molecular complexity index is 979. The van der Waals surface area contributed by atoms with E-state index < -0.39 is 20.6 Å². The minimum atomic E-state index is -4.10. The van der Waals surface area contributed by atoms with Crippen molar-refractivity contribution >= 4 is 44.6 Å². The molecule has 27 heavy (non-hydrogen) atoms. The molecule has 0 atom stereocenters. The fourth-order valence-electron chi connectivity index (χ4n) is 2.06. The lowest BCUT2D eigenvalue weighted by Crippen LogP contribution is -2.28. The quantitative estimate of drug-likeness (QED) is 0.532. The van der Waals surface area contributed by atoms with Gasteiger partial charge in [-0.15, -0.1) is 0 Å². The number of nitro benzene ring substituents is 1. The number of benzene rings is 2. The van der Waals surface area contributed by atoms with Crippen molar-refractivity contribution in [3.8, 4) is 0 Å². The number of halogens is 1. The van der Waals surface area contributed by atoms with Crippen LogP contribution in [0.4, 0.5) is 17.1 Å². The molecule has 1 amide bonds. The van der Waals surface area contributed by atoms with Gasteiger partial charge in [0.15, 0.2) is 0 Å². The van der Waals surface area contributed by atoms with Gasteiger partial charge in [0, 0.05) is 20.2 Å². The highest BCUT2D eigenvalue weighted by atomic mass is 35.5. The largest absolute Gasteiger partial charge is 0.371 e. The van der Waals surface area contributed by atoms with Crippen molar-refractivity contribution in [1.29, 1.82) is 0 Å². The summed E-state index contributed by atoms with van der Waals surface area (Å²) in [6, 6.07) is 9.58. The third kappa shape index (κ3) is 5.08. The van der Waals surface area contributed by atoms with E-state index in [1.807, 2.05) is 0 Å². The van der Waals surface area contributed by atoms with Gasteiger partial charge < -0.3 is 10.2 Å². The molecule has 0 bridgehead atoms. The number of hydrogen-bond donors (Lipinski definition) is 2. The Morgan fingerprint density at radius 3 is 2.44 bits per heavy atom. The molecule has 144 valence electrons. The average Bonchev–Trinajstić information content (AvgIpc) is 2.61. The third-order valence-electron chi connectivity index (χ3n) is 3.52. The summed E-state index contributed by atoms with van der Waals surface area (Å²) >= 11 is 5.94. The van der Waals surface area contributed by atoms with Crippen LogP contribution in [0.5, 0.6) is 0 Å². The third-order valence-corrected chi connectivity index (χ3v) is 5.22. The zero-order chi connectivity index (χ0) is 20.2. The van der Waals surface area contributed by atoms with Gasteiger partial charge >= 0.3 is 0 Å². The predicted molar refractivity (Wildman–Crippen MR) is 103 cm³/mol. The highest BCUT2D eigenvalue weighted by Gasteiger charge is 2.22. The van der Waals surface area contributed by atoms with Crippen LogP contribution in [0.25, 0.3) is 0 Å². The summed E-state index contributed by atoms with van der Waals surface area (Å²) in [5.41, 5.74) is -0.281. The van der Waals surface area contributed by atoms with Gasteiger partial charge in [-0.2, -0.15) is 0 Å². The number of carbonyl (C=O) groups is 1. The molecule has 0 spiro atoms. The van der Waals surface area contributed by atoms with Gasteiger partial charge in [-0.05, 0) is 24.3 Å². The molecule has 0 unspecified atom stereocenters. The van der Waals surface area contributed by atoms with E-state index in [-0.39, 0.29) is 33.7 Å². The number of nitrogens with one attached hydrogen (secondary N) is 2. The van der Waals surface area contributed by atoms with Gasteiger partial charge in [-0.1, -0.05) is 23.7 Å². The molecule has 0 aliphatic heterocycles. The maximum Gasteiger partial charge on any atom is 0.293 e. The maximum atomic E-state index is 12.5. The molecule has 2 N–H and O–H groups in total. The molecule has 0 aliphatic carbocycles. The number of nitro groups is 1. The van der Waals surface area contributed by atoms with Gasteiger partial charge in [0.2, 0.25) is 5.91 Å². The fraction of sp³-hybridized carbons (Fsp3) is 0.188. The monoisotopic (exact) mass is 412 g/mol. The lowest BCUT2D eigenvalue weighted by Gasteiger charge is -2.13. The summed E-state index contributed by atoms with van der Waals surface area (Å²) in [5, 5.41) is 14.2. The van der Waals surface area contributed by atoms with Crippen LogP contribution in [-0.4, -0.2) is 44.8 Å². The minimum Gasteiger partial charge on any atom is -0.371 e. The van der Waals surface area contributed by atoms with E-state index in [2.05, 4.69) is 10.0 Å². The number of sulfonamides is 1. The maximum absolute atomic E-state index is 12.5. The van der Waals surface area contributed by atoms with Gasteiger partial charge in [-0.3, -0.25) is 19.6 Å². The molecule has 2 rings (SSSR count). The Labute approximate surface area is 161 Å². The van der Waals surface area contributed by atoms with E-state index in [1.165, 1.54) is 29.2 Å². The van der Waals surface area contributed by atoms with Crippen molar-refractivity contribution in [3.63, 3.8) is 0 Å². The van der Waals surface area contributed by atoms with Crippen molar-refractivity contribution in [2.75, 3.05) is 30.7 Å². The van der Waals surface area contributed by atoms with E-state index in [1.54, 1.807) is 26.2 Å². The van der Waals surface area contributed by atoms with Crippen LogP contribution < -0.4 is 10.0 Å². The van der Waals surface area contributed by atoms with Crippen LogP contribution >= 0.6 is 11.6 Å². The zero-order valence-electron chi connectivity index (χ0n) is 14.5. The summed E-state index contributed by atoms with van der Waals surface area (Å²) in [5.74, 6) is -0.290. The van der Waals surface area contributed by atoms with E-state index in [9.17, 15) is 23.3 Å². The molecule has 0 aromatic heterocycles. The normalized spacial score (nSPS) is 10.9. The van der Waals surface area contributed by atoms with Crippen LogP contribution in [0, 0.1) is 10.1 Å². The molecular formula is C16H17ClN4O5S. The van der Waals surface area contributed by atoms with E-state index in [4.69, 9.17) is 11.6 Å². The van der Waals surface area contributed by atoms with Crippen LogP contribution in [0.3, 0.4) is 0 Å². The molecular weight excluding hydrogens is 396 g/mol. The number of amides is 1. The fourth-order valence-corrected chi connectivity index (χ4v) is 3.39. The SMILES string of the molecule is CN(C)C(=O)CNc1ccc(S(=O)(=O)Nc2ccccc2Cl)cc1[N+](=O)[O-]. The van der Waals surface area contributed by atoms with Crippen molar-refractivity contribution in [3.05, 3.63) is 57.6 Å². The number of anilines is 2. The van der Waals surface area contributed by atoms with Crippen LogP contribution in [-0.2, 0) is 14.8 Å². The Morgan fingerprint density at radius 1 is 1.19 bits per heavy atom. The van der Waals surface area contributed by atoms with E-state index in [0.29, 0.717) is 0 Å². The summed E-state index contributed by atoms with van der Waals surface area (Å²) in [6.45, 7) is -0.169. The molecule has 0 heterocycles. The van der Waals surface area contributed by atoms with Gasteiger partial charge in [-0.25, -0.2) is 8.42 Å². The van der Waals surface area contributed by atoms with Crippen LogP contribution in [0.15, 0.2) is 47.4 Å². The van der Waals surface area contributed by atoms with Crippen molar-refractivity contribution < 1.29 is 18.1 Å². The second-order valence-electron chi connectivity index (χ2n) is 5.66. The first-order chi connectivity index (χ1) is 12.6. The minimum absolute atomic E-state index is 0.0342. The van der Waals surface area contributed by atoms with E-state index in [0.717, 1.165) is 6.07 Å². The average molecular weight is 413 g/mol. The lowest BCUT2D eigenvalue weighted by molar-refractivity contribution is -0.384. The molecule has 0 saturated carbocycles. The Hall–Kier alpha value is -2.85. The second-order valence-corrected chi connectivity index (χ2v) is 7.75. The summed E-state index contributed by atoms with van der Waals surface area (Å²) < 4.78 is 27.3. The topological polar surface area (TPSA) is 122 Å². The van der Waals surface area contributed by atoms with E-state index >= 15 is 0 Å². The van der Waals surface area contributed by atoms with Gasteiger partial charge in [0.1, 0.15) is 5.69 Å². The Kier molecular flexibility index (Phi) is 6.24. The number of likely N-dealkylation sites (N-methyl/N-ethyl adjacent to an activating group) is 1. The van der Waals surface area contributed by atoms with Crippen molar-refractivity contribution in [2.24, 2.45) is 0 Å². The Morgan fingerprint density at radius 2 is 1.85 bits per heavy atom. The van der Waals surface area contributed by atoms with Gasteiger partial charge in [0.25, 0.3) is 15.7 Å². The molecule has 0 aliphatic rings. The highest BCUT2D eigenvalue weighted by molar-refractivity contribution is 7.92.